The van der Waals surface area contributed by atoms with E-state index in [1.807, 2.05) is 42.5 Å². The molecule has 0 aliphatic carbocycles. The van der Waals surface area contributed by atoms with Crippen LogP contribution in [0.5, 0.6) is 5.75 Å². The summed E-state index contributed by atoms with van der Waals surface area (Å²) < 4.78 is 9.75. The van der Waals surface area contributed by atoms with Crippen molar-refractivity contribution >= 4 is 59.4 Å². The van der Waals surface area contributed by atoms with E-state index in [0.717, 1.165) is 42.2 Å². The van der Waals surface area contributed by atoms with Crippen LogP contribution in [0.15, 0.2) is 69.6 Å². The molecule has 1 unspecified atom stereocenters. The molecule has 0 radical (unpaired) electrons. The van der Waals surface area contributed by atoms with Gasteiger partial charge in [-0.3, -0.25) is 0 Å². The highest BCUT2D eigenvalue weighted by molar-refractivity contribution is 9.10. The maximum absolute atomic E-state index is 10.7. The molecule has 0 bridgehead atoms. The number of aliphatic hydroxyl groups is 1. The number of benzene rings is 3. The van der Waals surface area contributed by atoms with E-state index in [4.69, 9.17) is 4.74 Å². The standard InChI is InChI=1S/C22H20Br2N2O2/c1-28-22-18(24)8-10-20-21(22)17-11-14(23)7-9-19(17)26(20)13-16(27)12-25-15-5-3-2-4-6-15/h2-11,16,25,27H,12-13H2,1H3. The summed E-state index contributed by atoms with van der Waals surface area (Å²) in [6, 6.07) is 20.2. The van der Waals surface area contributed by atoms with Crippen LogP contribution in [0, 0.1) is 0 Å². The van der Waals surface area contributed by atoms with Crippen molar-refractivity contribution in [2.24, 2.45) is 0 Å². The number of para-hydroxylation sites is 1. The van der Waals surface area contributed by atoms with Crippen LogP contribution in [-0.2, 0) is 6.54 Å². The summed E-state index contributed by atoms with van der Waals surface area (Å²) in [5.74, 6) is 0.802. The van der Waals surface area contributed by atoms with E-state index >= 15 is 0 Å². The Kier molecular flexibility index (Phi) is 5.62. The lowest BCUT2D eigenvalue weighted by atomic mass is 10.1. The summed E-state index contributed by atoms with van der Waals surface area (Å²) >= 11 is 7.16. The molecular formula is C22H20Br2N2O2. The van der Waals surface area contributed by atoms with E-state index in [2.05, 4.69) is 59.9 Å². The van der Waals surface area contributed by atoms with Crippen molar-refractivity contribution in [3.05, 3.63) is 69.6 Å². The highest BCUT2D eigenvalue weighted by atomic mass is 79.9. The first-order valence-electron chi connectivity index (χ1n) is 8.99. The molecule has 1 aromatic heterocycles. The van der Waals surface area contributed by atoms with Crippen molar-refractivity contribution in [1.29, 1.82) is 0 Å². The smallest absolute Gasteiger partial charge is 0.143 e. The highest BCUT2D eigenvalue weighted by Crippen LogP contribution is 2.41. The Bertz CT molecular complexity index is 1130. The number of fused-ring (bicyclic) bond motifs is 3. The second-order valence-corrected chi connectivity index (χ2v) is 8.42. The SMILES string of the molecule is COc1c(Br)ccc2c1c1cc(Br)ccc1n2CC(O)CNc1ccccc1. The van der Waals surface area contributed by atoms with Gasteiger partial charge in [-0.05, 0) is 58.4 Å². The van der Waals surface area contributed by atoms with Crippen molar-refractivity contribution < 1.29 is 9.84 Å². The Morgan fingerprint density at radius 1 is 1.04 bits per heavy atom. The number of halogens is 2. The minimum Gasteiger partial charge on any atom is -0.495 e. The molecular weight excluding hydrogens is 484 g/mol. The third-order valence-electron chi connectivity index (χ3n) is 4.81. The van der Waals surface area contributed by atoms with Gasteiger partial charge in [0.05, 0.1) is 35.1 Å². The maximum Gasteiger partial charge on any atom is 0.143 e. The number of anilines is 1. The average Bonchev–Trinajstić information content (AvgIpc) is 3.00. The lowest BCUT2D eigenvalue weighted by molar-refractivity contribution is 0.169. The molecule has 4 nitrogen and oxygen atoms in total. The van der Waals surface area contributed by atoms with Gasteiger partial charge in [0.2, 0.25) is 0 Å². The number of methoxy groups -OCH3 is 1. The Morgan fingerprint density at radius 2 is 1.79 bits per heavy atom. The van der Waals surface area contributed by atoms with Crippen LogP contribution in [0.1, 0.15) is 0 Å². The number of hydrogen-bond acceptors (Lipinski definition) is 3. The lowest BCUT2D eigenvalue weighted by Crippen LogP contribution is -2.24. The Hall–Kier alpha value is -2.02. The quantitative estimate of drug-likeness (QED) is 0.349. The first kappa shape index (κ1) is 19.3. The maximum atomic E-state index is 10.7. The number of rotatable bonds is 6. The van der Waals surface area contributed by atoms with Gasteiger partial charge >= 0.3 is 0 Å². The number of hydrogen-bond donors (Lipinski definition) is 2. The van der Waals surface area contributed by atoms with Crippen LogP contribution in [0.3, 0.4) is 0 Å². The zero-order valence-corrected chi connectivity index (χ0v) is 18.5. The number of aromatic nitrogens is 1. The van der Waals surface area contributed by atoms with Gasteiger partial charge in [-0.15, -0.1) is 0 Å². The van der Waals surface area contributed by atoms with Gasteiger partial charge in [0, 0.05) is 27.6 Å². The minimum absolute atomic E-state index is 0.468. The van der Waals surface area contributed by atoms with E-state index in [0.29, 0.717) is 13.1 Å². The summed E-state index contributed by atoms with van der Waals surface area (Å²) in [7, 11) is 1.68. The summed E-state index contributed by atoms with van der Waals surface area (Å²) in [4.78, 5) is 0. The van der Waals surface area contributed by atoms with Crippen molar-refractivity contribution in [2.75, 3.05) is 19.0 Å². The summed E-state index contributed by atoms with van der Waals surface area (Å²) in [5.41, 5.74) is 3.10. The Balaban J connectivity index is 1.73. The molecule has 0 aliphatic heterocycles. The van der Waals surface area contributed by atoms with E-state index in [9.17, 15) is 5.11 Å². The van der Waals surface area contributed by atoms with Gasteiger partial charge in [-0.1, -0.05) is 34.1 Å². The highest BCUT2D eigenvalue weighted by Gasteiger charge is 2.18. The normalized spacial score (nSPS) is 12.4. The number of nitrogens with zero attached hydrogens (tertiary/aromatic N) is 1. The predicted octanol–water partition coefficient (Wildman–Crippen LogP) is 5.80. The monoisotopic (exact) mass is 502 g/mol. The second kappa shape index (κ2) is 8.15. The molecule has 0 aliphatic rings. The molecule has 6 heteroatoms. The largest absolute Gasteiger partial charge is 0.495 e. The lowest BCUT2D eigenvalue weighted by Gasteiger charge is -2.16. The van der Waals surface area contributed by atoms with Crippen LogP contribution in [0.2, 0.25) is 0 Å². The molecule has 0 amide bonds. The van der Waals surface area contributed by atoms with E-state index in [1.54, 1.807) is 7.11 Å². The first-order chi connectivity index (χ1) is 13.6. The third kappa shape index (κ3) is 3.64. The average molecular weight is 504 g/mol. The molecule has 2 N–H and O–H groups in total. The topological polar surface area (TPSA) is 46.4 Å². The zero-order valence-electron chi connectivity index (χ0n) is 15.3. The van der Waals surface area contributed by atoms with Crippen molar-refractivity contribution in [3.63, 3.8) is 0 Å². The Labute approximate surface area is 180 Å². The number of nitrogens with one attached hydrogen (secondary N) is 1. The Morgan fingerprint density at radius 3 is 2.54 bits per heavy atom. The van der Waals surface area contributed by atoms with Crippen molar-refractivity contribution in [1.82, 2.24) is 4.57 Å². The van der Waals surface area contributed by atoms with Gasteiger partial charge < -0.3 is 19.7 Å². The van der Waals surface area contributed by atoms with Gasteiger partial charge in [0.15, 0.2) is 0 Å². The number of aliphatic hydroxyl groups excluding tert-OH is 1. The van der Waals surface area contributed by atoms with Crippen LogP contribution in [0.25, 0.3) is 21.8 Å². The summed E-state index contributed by atoms with van der Waals surface area (Å²) in [5, 5.41) is 16.1. The van der Waals surface area contributed by atoms with Gasteiger partial charge in [-0.2, -0.15) is 0 Å². The molecule has 0 spiro atoms. The van der Waals surface area contributed by atoms with Crippen molar-refractivity contribution in [2.45, 2.75) is 12.6 Å². The fourth-order valence-electron chi connectivity index (χ4n) is 3.57. The van der Waals surface area contributed by atoms with Crippen LogP contribution < -0.4 is 10.1 Å². The first-order valence-corrected chi connectivity index (χ1v) is 10.6. The molecule has 1 atom stereocenters. The summed E-state index contributed by atoms with van der Waals surface area (Å²) in [6.07, 6.45) is -0.544. The molecule has 3 aromatic carbocycles. The zero-order chi connectivity index (χ0) is 19.7. The van der Waals surface area contributed by atoms with Crippen LogP contribution >= 0.6 is 31.9 Å². The predicted molar refractivity (Wildman–Crippen MR) is 122 cm³/mol. The van der Waals surface area contributed by atoms with Crippen LogP contribution in [-0.4, -0.2) is 29.4 Å². The second-order valence-electron chi connectivity index (χ2n) is 6.65. The summed E-state index contributed by atoms with van der Waals surface area (Å²) in [6.45, 7) is 0.946. The van der Waals surface area contributed by atoms with Gasteiger partial charge in [0.1, 0.15) is 5.75 Å². The molecule has 0 saturated heterocycles. The molecule has 4 aromatic rings. The van der Waals surface area contributed by atoms with Crippen molar-refractivity contribution in [3.8, 4) is 5.75 Å². The molecule has 4 rings (SSSR count). The molecule has 144 valence electrons. The van der Waals surface area contributed by atoms with Crippen LogP contribution in [0.4, 0.5) is 5.69 Å². The third-order valence-corrected chi connectivity index (χ3v) is 5.93. The van der Waals surface area contributed by atoms with E-state index in [1.165, 1.54) is 0 Å². The minimum atomic E-state index is -0.544. The fourth-order valence-corrected chi connectivity index (χ4v) is 4.42. The molecule has 0 saturated carbocycles. The molecule has 1 heterocycles. The molecule has 28 heavy (non-hydrogen) atoms. The molecule has 0 fully saturated rings. The van der Waals surface area contributed by atoms with E-state index < -0.39 is 6.10 Å². The van der Waals surface area contributed by atoms with E-state index in [-0.39, 0.29) is 0 Å². The van der Waals surface area contributed by atoms with Gasteiger partial charge in [-0.25, -0.2) is 0 Å². The fraction of sp³-hybridized carbons (Fsp3) is 0.182. The van der Waals surface area contributed by atoms with Gasteiger partial charge in [0.25, 0.3) is 0 Å². The number of ether oxygens (including phenoxy) is 1.